The Morgan fingerprint density at radius 1 is 1.83 bits per heavy atom. The van der Waals surface area contributed by atoms with Crippen LogP contribution in [-0.2, 0) is 0 Å². The highest BCUT2D eigenvalue weighted by Crippen LogP contribution is 2.42. The van der Waals surface area contributed by atoms with Gasteiger partial charge in [-0.3, -0.25) is 3.56 Å². The molecule has 0 radical (unpaired) electrons. The number of hydrogen-bond acceptors (Lipinski definition) is 1. The molecule has 0 spiro atoms. The number of allylic oxidation sites excluding steroid dienone is 2. The van der Waals surface area contributed by atoms with Gasteiger partial charge in [0.05, 0.1) is 0 Å². The monoisotopic (exact) mass is 427 g/mol. The van der Waals surface area contributed by atoms with Crippen molar-refractivity contribution in [3.63, 3.8) is 0 Å². The highest BCUT2D eigenvalue weighted by atomic mass is 127. The van der Waals surface area contributed by atoms with E-state index in [-0.39, 0.29) is 4.32 Å². The quantitative estimate of drug-likeness (QED) is 0.493. The standard InChI is InChI=1S/C7H9Br2ClIN/c8-5-1-6(11-12)3-7(9,2-5)4-10/h1,5,12H,2-4H2/t5-,7?/m1/s1. The highest BCUT2D eigenvalue weighted by Gasteiger charge is 2.32. The van der Waals surface area contributed by atoms with E-state index >= 15 is 0 Å². The smallest absolute Gasteiger partial charge is 0.0451 e. The molecule has 70 valence electrons. The van der Waals surface area contributed by atoms with Gasteiger partial charge in [0.25, 0.3) is 0 Å². The molecule has 12 heavy (non-hydrogen) atoms. The second-order valence-electron chi connectivity index (χ2n) is 2.89. The molecule has 0 heterocycles. The first-order valence-electron chi connectivity index (χ1n) is 3.50. The Labute approximate surface area is 105 Å². The maximum absolute atomic E-state index is 7.40. The number of nitrogens with one attached hydrogen (secondary N) is 1. The minimum atomic E-state index is -0.514. The molecule has 0 bridgehead atoms. The molecule has 0 fully saturated rings. The maximum Gasteiger partial charge on any atom is 0.0451 e. The van der Waals surface area contributed by atoms with Crippen LogP contribution in [0.1, 0.15) is 12.8 Å². The van der Waals surface area contributed by atoms with Gasteiger partial charge < -0.3 is 0 Å². The molecule has 1 nitrogen and oxygen atoms in total. The van der Waals surface area contributed by atoms with Crippen LogP contribution in [0.25, 0.3) is 0 Å². The van der Waals surface area contributed by atoms with Crippen molar-refractivity contribution in [3.05, 3.63) is 9.66 Å². The van der Waals surface area contributed by atoms with Crippen LogP contribution in [0.15, 0.2) is 9.66 Å². The van der Waals surface area contributed by atoms with E-state index in [0.717, 1.165) is 12.8 Å². The van der Waals surface area contributed by atoms with Crippen LogP contribution in [0.5, 0.6) is 0 Å². The molecule has 1 N–H and O–H groups in total. The van der Waals surface area contributed by atoms with Crippen molar-refractivity contribution < 1.29 is 0 Å². The molecular formula is C7H9Br2ClIN. The Morgan fingerprint density at radius 3 is 3.00 bits per heavy atom. The van der Waals surface area contributed by atoms with Crippen LogP contribution in [0.3, 0.4) is 0 Å². The molecule has 2 atom stereocenters. The second-order valence-corrected chi connectivity index (χ2v) is 7.94. The first-order valence-corrected chi connectivity index (χ1v) is 7.90. The van der Waals surface area contributed by atoms with Gasteiger partial charge in [-0.05, 0) is 12.8 Å². The molecule has 0 aliphatic heterocycles. The fraction of sp³-hybridized carbons (Fsp3) is 0.714. The third-order valence-corrected chi connectivity index (χ3v) is 5.51. The maximum atomic E-state index is 7.40. The fourth-order valence-corrected chi connectivity index (χ4v) is 5.99. The van der Waals surface area contributed by atoms with E-state index < -0.39 is 21.0 Å². The molecule has 1 aliphatic carbocycles. The second kappa shape index (κ2) is 4.84. The molecule has 0 aromatic heterocycles. The van der Waals surface area contributed by atoms with E-state index in [0.29, 0.717) is 10.7 Å². The molecule has 0 amide bonds. The summed E-state index contributed by atoms with van der Waals surface area (Å²) in [7, 11) is 0. The van der Waals surface area contributed by atoms with E-state index in [9.17, 15) is 0 Å². The predicted molar refractivity (Wildman–Crippen MR) is 69.1 cm³/mol. The van der Waals surface area contributed by atoms with Crippen LogP contribution in [0.2, 0.25) is 0 Å². The van der Waals surface area contributed by atoms with Crippen molar-refractivity contribution >= 4 is 64.5 Å². The van der Waals surface area contributed by atoms with Gasteiger partial charge in [0.15, 0.2) is 0 Å². The van der Waals surface area contributed by atoms with E-state index in [1.807, 2.05) is 0 Å². The Hall–Kier alpha value is 1.52. The largest absolute Gasteiger partial charge is 0.274 e. The summed E-state index contributed by atoms with van der Waals surface area (Å²) < 4.78 is 8.71. The van der Waals surface area contributed by atoms with Gasteiger partial charge in [-0.25, -0.2) is 0 Å². The molecule has 1 unspecified atom stereocenters. The number of halogens is 4. The SMILES string of the molecule is N=IC1=C[C@@H](Br)CC(Br)(CCl)C1. The third kappa shape index (κ3) is 3.03. The van der Waals surface area contributed by atoms with Gasteiger partial charge in [0.1, 0.15) is 0 Å². The summed E-state index contributed by atoms with van der Waals surface area (Å²) in [6, 6.07) is 0. The highest BCUT2D eigenvalue weighted by molar-refractivity contribution is 14.2. The van der Waals surface area contributed by atoms with Crippen LogP contribution in [0.4, 0.5) is 0 Å². The summed E-state index contributed by atoms with van der Waals surface area (Å²) in [5, 5.41) is 0. The number of alkyl halides is 3. The van der Waals surface area contributed by atoms with Crippen molar-refractivity contribution in [1.82, 2.24) is 0 Å². The van der Waals surface area contributed by atoms with Gasteiger partial charge in [0, 0.05) is 39.6 Å². The zero-order chi connectivity index (χ0) is 9.19. The minimum absolute atomic E-state index is 0.0353. The summed E-state index contributed by atoms with van der Waals surface area (Å²) in [6.07, 6.45) is 4.14. The molecule has 0 aromatic rings. The Bertz CT molecular complexity index is 221. The van der Waals surface area contributed by atoms with Gasteiger partial charge in [0.2, 0.25) is 0 Å². The van der Waals surface area contributed by atoms with Crippen LogP contribution in [0, 0.1) is 3.56 Å². The summed E-state index contributed by atoms with van der Waals surface area (Å²) in [5.41, 5.74) is 0. The summed E-state index contributed by atoms with van der Waals surface area (Å²) in [6.45, 7) is 0. The van der Waals surface area contributed by atoms with Crippen molar-refractivity contribution in [2.75, 3.05) is 5.88 Å². The molecule has 1 aliphatic rings. The lowest BCUT2D eigenvalue weighted by Gasteiger charge is -2.30. The zero-order valence-corrected chi connectivity index (χ0v) is 12.4. The van der Waals surface area contributed by atoms with E-state index in [1.54, 1.807) is 0 Å². The zero-order valence-electron chi connectivity index (χ0n) is 6.29. The third-order valence-electron chi connectivity index (χ3n) is 1.77. The summed E-state index contributed by atoms with van der Waals surface area (Å²) in [5.74, 6) is 0.621. The summed E-state index contributed by atoms with van der Waals surface area (Å²) >= 11 is 12.6. The topological polar surface area (TPSA) is 23.9 Å². The number of rotatable bonds is 2. The van der Waals surface area contributed by atoms with Crippen LogP contribution < -0.4 is 0 Å². The molecular weight excluding hydrogens is 420 g/mol. The molecule has 0 saturated carbocycles. The lowest BCUT2D eigenvalue weighted by molar-refractivity contribution is 0.606. The molecule has 0 aromatic carbocycles. The van der Waals surface area contributed by atoms with E-state index in [2.05, 4.69) is 37.9 Å². The van der Waals surface area contributed by atoms with Crippen molar-refractivity contribution in [2.45, 2.75) is 22.0 Å². The van der Waals surface area contributed by atoms with Gasteiger partial charge in [-0.1, -0.05) is 37.9 Å². The van der Waals surface area contributed by atoms with Crippen LogP contribution in [-0.4, -0.2) is 15.0 Å². The van der Waals surface area contributed by atoms with Crippen molar-refractivity contribution in [2.24, 2.45) is 0 Å². The lowest BCUT2D eigenvalue weighted by atomic mass is 9.96. The lowest BCUT2D eigenvalue weighted by Crippen LogP contribution is -2.29. The first-order chi connectivity index (χ1) is 5.59. The van der Waals surface area contributed by atoms with Crippen LogP contribution >= 0.6 is 64.5 Å². The first kappa shape index (κ1) is 11.6. The Balaban J connectivity index is 2.78. The van der Waals surface area contributed by atoms with E-state index in [4.69, 9.17) is 15.2 Å². The predicted octanol–water partition coefficient (Wildman–Crippen LogP) is 4.53. The van der Waals surface area contributed by atoms with Crippen molar-refractivity contribution in [3.8, 4) is 0 Å². The average molecular weight is 429 g/mol. The molecule has 5 heteroatoms. The molecule has 1 rings (SSSR count). The van der Waals surface area contributed by atoms with Crippen molar-refractivity contribution in [1.29, 1.82) is 3.56 Å². The normalized spacial score (nSPS) is 36.2. The van der Waals surface area contributed by atoms with E-state index in [1.165, 1.54) is 3.58 Å². The minimum Gasteiger partial charge on any atom is -0.274 e. The average Bonchev–Trinajstić information content (AvgIpc) is 2.03. The Morgan fingerprint density at radius 2 is 2.50 bits per heavy atom. The van der Waals surface area contributed by atoms with Gasteiger partial charge in [-0.2, -0.15) is 0 Å². The summed E-state index contributed by atoms with van der Waals surface area (Å²) in [4.78, 5) is 0.393. The Kier molecular flexibility index (Phi) is 4.68. The van der Waals surface area contributed by atoms with Gasteiger partial charge >= 0.3 is 0 Å². The van der Waals surface area contributed by atoms with Gasteiger partial charge in [-0.15, -0.1) is 11.6 Å². The molecule has 0 saturated heterocycles. The number of hydrogen-bond donors (Lipinski definition) is 1. The fourth-order valence-electron chi connectivity index (χ4n) is 1.21.